The van der Waals surface area contributed by atoms with Crippen LogP contribution in [-0.4, -0.2) is 25.0 Å². The number of hydrogen-bond donors (Lipinski definition) is 0. The van der Waals surface area contributed by atoms with Crippen LogP contribution in [0.15, 0.2) is 54.7 Å². The van der Waals surface area contributed by atoms with Gasteiger partial charge >= 0.3 is 6.85 Å². The van der Waals surface area contributed by atoms with Crippen LogP contribution in [0.1, 0.15) is 33.3 Å². The van der Waals surface area contributed by atoms with Crippen LogP contribution >= 0.6 is 0 Å². The Kier molecular flexibility index (Phi) is 3.83. The molecule has 4 rings (SSSR count). The van der Waals surface area contributed by atoms with Gasteiger partial charge in [-0.15, -0.1) is 0 Å². The van der Waals surface area contributed by atoms with E-state index in [1.165, 1.54) is 28.0 Å². The van der Waals surface area contributed by atoms with Crippen LogP contribution in [0, 0.1) is 5.41 Å². The van der Waals surface area contributed by atoms with Crippen LogP contribution in [0.25, 0.3) is 5.57 Å². The molecule has 2 heterocycles. The predicted octanol–water partition coefficient (Wildman–Crippen LogP) is 4.43. The summed E-state index contributed by atoms with van der Waals surface area (Å²) in [6, 6.07) is 17.6. The SMILES string of the molecule is CB1c2ccccc2C(C(C)(C)C)=CN1N1c2ccccc2N(C)[C@@H]1C. The topological polar surface area (TPSA) is 9.72 Å². The third-order valence-electron chi connectivity index (χ3n) is 5.84. The summed E-state index contributed by atoms with van der Waals surface area (Å²) in [5.41, 5.74) is 6.83. The minimum atomic E-state index is 0.0862. The Morgan fingerprint density at radius 1 is 0.923 bits per heavy atom. The molecule has 1 atom stereocenters. The highest BCUT2D eigenvalue weighted by Gasteiger charge is 2.40. The van der Waals surface area contributed by atoms with Gasteiger partial charge in [-0.2, -0.15) is 0 Å². The first-order valence-corrected chi connectivity index (χ1v) is 9.51. The lowest BCUT2D eigenvalue weighted by Crippen LogP contribution is -2.59. The fourth-order valence-corrected chi connectivity index (χ4v) is 4.25. The summed E-state index contributed by atoms with van der Waals surface area (Å²) in [4.78, 5) is 4.79. The van der Waals surface area contributed by atoms with Gasteiger partial charge in [0.15, 0.2) is 0 Å². The van der Waals surface area contributed by atoms with Crippen LogP contribution in [0.3, 0.4) is 0 Å². The zero-order valence-electron chi connectivity index (χ0n) is 16.7. The first-order chi connectivity index (χ1) is 12.3. The summed E-state index contributed by atoms with van der Waals surface area (Å²) in [5, 5.41) is 2.45. The van der Waals surface area contributed by atoms with Gasteiger partial charge in [0.25, 0.3) is 0 Å². The van der Waals surface area contributed by atoms with Gasteiger partial charge < -0.3 is 9.82 Å². The molecule has 0 fully saturated rings. The number of nitrogens with zero attached hydrogens (tertiary/aromatic N) is 3. The molecule has 3 nitrogen and oxygen atoms in total. The van der Waals surface area contributed by atoms with E-state index in [-0.39, 0.29) is 11.6 Å². The average Bonchev–Trinajstić information content (AvgIpc) is 2.86. The van der Waals surface area contributed by atoms with Gasteiger partial charge in [0.2, 0.25) is 0 Å². The molecular formula is C22H28BN3. The summed E-state index contributed by atoms with van der Waals surface area (Å²) >= 11 is 0. The molecule has 0 radical (unpaired) electrons. The number of benzene rings is 2. The molecule has 2 aliphatic heterocycles. The minimum Gasteiger partial charge on any atom is -0.351 e. The number of para-hydroxylation sites is 2. The summed E-state index contributed by atoms with van der Waals surface area (Å²) in [5.74, 6) is 0. The lowest BCUT2D eigenvalue weighted by molar-refractivity contribution is 0.456. The van der Waals surface area contributed by atoms with Crippen molar-refractivity contribution in [2.75, 3.05) is 17.0 Å². The monoisotopic (exact) mass is 345 g/mol. The number of hydrogen-bond acceptors (Lipinski definition) is 3. The van der Waals surface area contributed by atoms with Gasteiger partial charge in [-0.05, 0) is 41.1 Å². The fourth-order valence-electron chi connectivity index (χ4n) is 4.25. The largest absolute Gasteiger partial charge is 0.351 e. The van der Waals surface area contributed by atoms with E-state index in [4.69, 9.17) is 0 Å². The zero-order valence-corrected chi connectivity index (χ0v) is 16.7. The molecule has 4 heteroatoms. The first kappa shape index (κ1) is 17.1. The number of rotatable bonds is 1. The molecule has 2 aliphatic rings. The third kappa shape index (κ3) is 2.43. The van der Waals surface area contributed by atoms with Crippen molar-refractivity contribution in [1.29, 1.82) is 0 Å². The summed E-state index contributed by atoms with van der Waals surface area (Å²) < 4.78 is 0. The van der Waals surface area contributed by atoms with Crippen molar-refractivity contribution in [1.82, 2.24) is 4.92 Å². The highest BCUT2D eigenvalue weighted by Crippen LogP contribution is 2.42. The standard InChI is InChI=1S/C22H28BN3/c1-16-24(6)20-13-9-10-14-21(20)26(16)25-15-18(22(2,3)4)17-11-7-8-12-19(17)23(25)5/h7-16H,1-6H3/t16-/m0/s1. The molecule has 2 aromatic carbocycles. The lowest BCUT2D eigenvalue weighted by atomic mass is 9.53. The van der Waals surface area contributed by atoms with Gasteiger partial charge in [0.1, 0.15) is 6.17 Å². The van der Waals surface area contributed by atoms with E-state index >= 15 is 0 Å². The number of allylic oxidation sites excluding steroid dienone is 1. The summed E-state index contributed by atoms with van der Waals surface area (Å²) in [6.45, 7) is 11.8. The maximum atomic E-state index is 2.45. The van der Waals surface area contributed by atoms with Gasteiger partial charge in [-0.3, -0.25) is 5.01 Å². The minimum absolute atomic E-state index is 0.0862. The van der Waals surface area contributed by atoms with E-state index in [0.717, 1.165) is 0 Å². The molecule has 0 unspecified atom stereocenters. The van der Waals surface area contributed by atoms with Crippen LogP contribution in [0.2, 0.25) is 6.82 Å². The fraction of sp³-hybridized carbons (Fsp3) is 0.364. The molecule has 0 bridgehead atoms. The summed E-state index contributed by atoms with van der Waals surface area (Å²) in [7, 11) is 2.18. The van der Waals surface area contributed by atoms with Crippen molar-refractivity contribution in [2.24, 2.45) is 5.41 Å². The Balaban J connectivity index is 1.88. The van der Waals surface area contributed by atoms with Gasteiger partial charge in [-0.1, -0.05) is 64.0 Å². The van der Waals surface area contributed by atoms with Crippen molar-refractivity contribution >= 4 is 29.3 Å². The molecule has 0 saturated heterocycles. The zero-order chi connectivity index (χ0) is 18.6. The third-order valence-corrected chi connectivity index (χ3v) is 5.84. The number of hydrazine groups is 1. The second-order valence-corrected chi connectivity index (χ2v) is 8.51. The molecule has 0 aliphatic carbocycles. The molecule has 2 aromatic rings. The van der Waals surface area contributed by atoms with E-state index in [1.807, 2.05) is 0 Å². The Morgan fingerprint density at radius 3 is 2.23 bits per heavy atom. The number of anilines is 2. The van der Waals surface area contributed by atoms with E-state index < -0.39 is 0 Å². The van der Waals surface area contributed by atoms with Crippen LogP contribution < -0.4 is 15.4 Å². The molecule has 134 valence electrons. The second kappa shape index (κ2) is 5.83. The highest BCUT2D eigenvalue weighted by molar-refractivity contribution is 6.71. The second-order valence-electron chi connectivity index (χ2n) is 8.51. The van der Waals surface area contributed by atoms with Crippen LogP contribution in [0.5, 0.6) is 0 Å². The smallest absolute Gasteiger partial charge is 0.311 e. The first-order valence-electron chi connectivity index (χ1n) is 9.51. The highest BCUT2D eigenvalue weighted by atomic mass is 15.7. The van der Waals surface area contributed by atoms with Crippen molar-refractivity contribution < 1.29 is 0 Å². The average molecular weight is 345 g/mol. The molecule has 0 N–H and O–H groups in total. The Morgan fingerprint density at radius 2 is 1.54 bits per heavy atom. The lowest BCUT2D eigenvalue weighted by Gasteiger charge is -2.45. The molecule has 0 aromatic heterocycles. The van der Waals surface area contributed by atoms with Crippen LogP contribution in [0.4, 0.5) is 11.4 Å². The molecule has 0 saturated carbocycles. The van der Waals surface area contributed by atoms with Gasteiger partial charge in [0.05, 0.1) is 11.4 Å². The Bertz CT molecular complexity index is 868. The predicted molar refractivity (Wildman–Crippen MR) is 114 cm³/mol. The molecule has 26 heavy (non-hydrogen) atoms. The van der Waals surface area contributed by atoms with E-state index in [2.05, 4.69) is 111 Å². The van der Waals surface area contributed by atoms with E-state index in [1.54, 1.807) is 0 Å². The van der Waals surface area contributed by atoms with Gasteiger partial charge in [-0.25, -0.2) is 0 Å². The Hall–Kier alpha value is -2.36. The molecule has 0 amide bonds. The van der Waals surface area contributed by atoms with Gasteiger partial charge in [0, 0.05) is 13.2 Å². The van der Waals surface area contributed by atoms with Crippen molar-refractivity contribution in [2.45, 2.75) is 40.7 Å². The quantitative estimate of drug-likeness (QED) is 0.708. The molecular weight excluding hydrogens is 317 g/mol. The Labute approximate surface area is 158 Å². The maximum Gasteiger partial charge on any atom is 0.311 e. The van der Waals surface area contributed by atoms with Crippen LogP contribution in [-0.2, 0) is 0 Å². The van der Waals surface area contributed by atoms with Crippen molar-refractivity contribution in [3.8, 4) is 0 Å². The van der Waals surface area contributed by atoms with E-state index in [0.29, 0.717) is 6.85 Å². The van der Waals surface area contributed by atoms with Crippen molar-refractivity contribution in [3.63, 3.8) is 0 Å². The summed E-state index contributed by atoms with van der Waals surface area (Å²) in [6.07, 6.45) is 2.65. The maximum absolute atomic E-state index is 2.45. The normalized spacial score (nSPS) is 19.5. The number of fused-ring (bicyclic) bond motifs is 2. The molecule has 0 spiro atoms. The van der Waals surface area contributed by atoms with Crippen molar-refractivity contribution in [3.05, 3.63) is 60.3 Å². The van der Waals surface area contributed by atoms with E-state index in [9.17, 15) is 0 Å².